The van der Waals surface area contributed by atoms with Gasteiger partial charge in [0, 0.05) is 18.4 Å². The summed E-state index contributed by atoms with van der Waals surface area (Å²) in [5.74, 6) is -2.80. The Morgan fingerprint density at radius 2 is 1.95 bits per heavy atom. The number of sulfone groups is 1. The van der Waals surface area contributed by atoms with E-state index in [4.69, 9.17) is 14.2 Å². The van der Waals surface area contributed by atoms with Gasteiger partial charge in [0.05, 0.1) is 31.1 Å². The van der Waals surface area contributed by atoms with Crippen LogP contribution in [0.1, 0.15) is 57.6 Å². The fourth-order valence-corrected chi connectivity index (χ4v) is 6.97. The van der Waals surface area contributed by atoms with Crippen LogP contribution in [0.5, 0.6) is 0 Å². The molecule has 1 aromatic carbocycles. The first-order chi connectivity index (χ1) is 19.5. The summed E-state index contributed by atoms with van der Waals surface area (Å²) in [6, 6.07) is 3.14. The molecule has 41 heavy (non-hydrogen) atoms. The second kappa shape index (κ2) is 10.5. The summed E-state index contributed by atoms with van der Waals surface area (Å²) in [6.07, 6.45) is 0.0756. The number of aliphatic hydroxyl groups is 1. The molecule has 2 saturated carbocycles. The van der Waals surface area contributed by atoms with Crippen LogP contribution in [0.4, 0.5) is 14.6 Å². The van der Waals surface area contributed by atoms with Crippen LogP contribution >= 0.6 is 0 Å². The molecule has 1 aliphatic heterocycles. The molecule has 0 spiro atoms. The first-order valence-corrected chi connectivity index (χ1v) is 15.3. The Labute approximate surface area is 235 Å². The molecule has 6 atom stereocenters. The van der Waals surface area contributed by atoms with Crippen molar-refractivity contribution in [3.05, 3.63) is 35.4 Å². The molecule has 12 nitrogen and oxygen atoms in total. The predicted octanol–water partition coefficient (Wildman–Crippen LogP) is 2.49. The van der Waals surface area contributed by atoms with Gasteiger partial charge >= 0.3 is 0 Å². The van der Waals surface area contributed by atoms with E-state index in [1.165, 1.54) is 16.8 Å². The van der Waals surface area contributed by atoms with E-state index in [2.05, 4.69) is 25.6 Å². The van der Waals surface area contributed by atoms with Crippen molar-refractivity contribution < 1.29 is 36.5 Å². The number of rotatable bonds is 10. The van der Waals surface area contributed by atoms with E-state index in [0.717, 1.165) is 6.07 Å². The number of hydrogen-bond acceptors (Lipinski definition) is 11. The summed E-state index contributed by atoms with van der Waals surface area (Å²) < 4.78 is 73.2. The Kier molecular flexibility index (Phi) is 7.21. The second-order valence-corrected chi connectivity index (χ2v) is 13.2. The number of aromatic nitrogens is 5. The van der Waals surface area contributed by atoms with E-state index < -0.39 is 51.6 Å². The van der Waals surface area contributed by atoms with Gasteiger partial charge in [-0.2, -0.15) is 9.97 Å². The molecule has 3 heterocycles. The Hall–Kier alpha value is -2.85. The van der Waals surface area contributed by atoms with Gasteiger partial charge in [0.15, 0.2) is 34.4 Å². The number of fused-ring (bicyclic) bond motifs is 2. The molecule has 3 aliphatic rings. The van der Waals surface area contributed by atoms with E-state index in [1.807, 2.05) is 0 Å². The zero-order valence-corrected chi connectivity index (χ0v) is 23.6. The van der Waals surface area contributed by atoms with Crippen LogP contribution < -0.4 is 5.32 Å². The summed E-state index contributed by atoms with van der Waals surface area (Å²) in [5.41, 5.74) is 1.11. The van der Waals surface area contributed by atoms with Crippen LogP contribution in [-0.2, 0) is 24.0 Å². The van der Waals surface area contributed by atoms with Crippen molar-refractivity contribution >= 4 is 26.8 Å². The van der Waals surface area contributed by atoms with Gasteiger partial charge in [0.25, 0.3) is 5.16 Å². The zero-order valence-electron chi connectivity index (χ0n) is 22.8. The van der Waals surface area contributed by atoms with Crippen LogP contribution in [0, 0.1) is 11.6 Å². The van der Waals surface area contributed by atoms with E-state index in [9.17, 15) is 22.3 Å². The smallest absolute Gasteiger partial charge is 0.251 e. The normalized spacial score (nSPS) is 28.7. The zero-order chi connectivity index (χ0) is 29.1. The van der Waals surface area contributed by atoms with E-state index in [-0.39, 0.29) is 53.1 Å². The highest BCUT2D eigenvalue weighted by atomic mass is 32.2. The first kappa shape index (κ1) is 28.3. The SMILES string of the molecule is CCCS(=O)(=O)c1nc(NC2CC2c2ccc(F)c(F)c2)c2nnn(C3CC(OCCO)C4OC(C)(C)OC43)c2n1. The van der Waals surface area contributed by atoms with Gasteiger partial charge in [-0.15, -0.1) is 5.10 Å². The number of aliphatic hydroxyl groups excluding tert-OH is 1. The highest BCUT2D eigenvalue weighted by Crippen LogP contribution is 2.46. The number of benzene rings is 1. The number of halogens is 2. The number of nitrogens with zero attached hydrogens (tertiary/aromatic N) is 5. The summed E-state index contributed by atoms with van der Waals surface area (Å²) in [5, 5.41) is 20.9. The minimum Gasteiger partial charge on any atom is -0.394 e. The lowest BCUT2D eigenvalue weighted by atomic mass is 10.1. The molecular formula is C26H32F2N6O6S. The quantitative estimate of drug-likeness (QED) is 0.333. The van der Waals surface area contributed by atoms with E-state index in [0.29, 0.717) is 24.8 Å². The largest absolute Gasteiger partial charge is 0.394 e. The maximum absolute atomic E-state index is 13.8. The van der Waals surface area contributed by atoms with Crippen LogP contribution in [0.15, 0.2) is 23.4 Å². The van der Waals surface area contributed by atoms with Gasteiger partial charge in [0.2, 0.25) is 9.84 Å². The third-order valence-corrected chi connectivity index (χ3v) is 9.34. The lowest BCUT2D eigenvalue weighted by molar-refractivity contribution is -0.171. The Bertz CT molecular complexity index is 1570. The molecule has 15 heteroatoms. The highest BCUT2D eigenvalue weighted by molar-refractivity contribution is 7.91. The molecule has 0 radical (unpaired) electrons. The van der Waals surface area contributed by atoms with E-state index in [1.54, 1.807) is 20.8 Å². The van der Waals surface area contributed by atoms with Crippen LogP contribution in [0.2, 0.25) is 0 Å². The van der Waals surface area contributed by atoms with Crippen molar-refractivity contribution in [2.75, 3.05) is 24.3 Å². The van der Waals surface area contributed by atoms with Crippen LogP contribution in [0.25, 0.3) is 11.2 Å². The molecule has 222 valence electrons. The fraction of sp³-hybridized carbons (Fsp3) is 0.615. The van der Waals surface area contributed by atoms with Gasteiger partial charge in [-0.3, -0.25) is 0 Å². The number of anilines is 1. The van der Waals surface area contributed by atoms with Gasteiger partial charge in [-0.25, -0.2) is 21.9 Å². The molecule has 1 saturated heterocycles. The molecule has 2 aliphatic carbocycles. The lowest BCUT2D eigenvalue weighted by Crippen LogP contribution is -2.31. The van der Waals surface area contributed by atoms with Crippen LogP contribution in [-0.4, -0.2) is 87.6 Å². The Morgan fingerprint density at radius 1 is 1.17 bits per heavy atom. The third-order valence-electron chi connectivity index (χ3n) is 7.66. The van der Waals surface area contributed by atoms with Crippen molar-refractivity contribution in [3.8, 4) is 0 Å². The molecule has 0 bridgehead atoms. The molecule has 6 rings (SSSR count). The topological polar surface area (TPSA) is 151 Å². The van der Waals surface area contributed by atoms with Gasteiger partial charge in [0.1, 0.15) is 12.2 Å². The maximum Gasteiger partial charge on any atom is 0.251 e. The van der Waals surface area contributed by atoms with Crippen molar-refractivity contribution in [1.29, 1.82) is 0 Å². The average Bonchev–Trinajstić information content (AvgIpc) is 3.25. The molecule has 3 aromatic rings. The standard InChI is InChI=1S/C26H32F2N6O6S/c1-4-9-41(36,37)25-30-23(29-17-11-14(17)13-5-6-15(27)16(28)10-13)20-24(31-25)34(33-32-20)18-12-19(38-8-7-35)22-21(18)39-26(2,3)40-22/h5-6,10,14,17-19,21-22,35H,4,7-9,11-12H2,1-3H3,(H,29,30,31). The molecule has 0 amide bonds. The van der Waals surface area contributed by atoms with Gasteiger partial charge in [-0.05, 0) is 44.4 Å². The predicted molar refractivity (Wildman–Crippen MR) is 141 cm³/mol. The Balaban J connectivity index is 1.37. The Morgan fingerprint density at radius 3 is 2.68 bits per heavy atom. The summed E-state index contributed by atoms with van der Waals surface area (Å²) in [4.78, 5) is 8.77. The maximum atomic E-state index is 13.8. The van der Waals surface area contributed by atoms with Gasteiger partial charge < -0.3 is 24.6 Å². The molecule has 2 aromatic heterocycles. The van der Waals surface area contributed by atoms with E-state index >= 15 is 0 Å². The number of ether oxygens (including phenoxy) is 3. The highest BCUT2D eigenvalue weighted by Gasteiger charge is 2.56. The third kappa shape index (κ3) is 5.29. The van der Waals surface area contributed by atoms with Crippen molar-refractivity contribution in [2.24, 2.45) is 0 Å². The average molecular weight is 595 g/mol. The minimum atomic E-state index is -3.82. The summed E-state index contributed by atoms with van der Waals surface area (Å²) in [6.45, 7) is 5.32. The first-order valence-electron chi connectivity index (χ1n) is 13.7. The lowest BCUT2D eigenvalue weighted by Gasteiger charge is -2.23. The van der Waals surface area contributed by atoms with Crippen molar-refractivity contribution in [1.82, 2.24) is 25.0 Å². The summed E-state index contributed by atoms with van der Waals surface area (Å²) >= 11 is 0. The second-order valence-electron chi connectivity index (χ2n) is 11.1. The van der Waals surface area contributed by atoms with Gasteiger partial charge in [-0.1, -0.05) is 18.2 Å². The minimum absolute atomic E-state index is 0.118. The molecular weight excluding hydrogens is 562 g/mol. The summed E-state index contributed by atoms with van der Waals surface area (Å²) in [7, 11) is -3.82. The van der Waals surface area contributed by atoms with Crippen molar-refractivity contribution in [3.63, 3.8) is 0 Å². The number of hydrogen-bond donors (Lipinski definition) is 2. The molecule has 2 N–H and O–H groups in total. The number of nitrogens with one attached hydrogen (secondary N) is 1. The molecule has 3 fully saturated rings. The van der Waals surface area contributed by atoms with Crippen LogP contribution in [0.3, 0.4) is 0 Å². The molecule has 6 unspecified atom stereocenters. The van der Waals surface area contributed by atoms with Crippen molar-refractivity contribution in [2.45, 2.75) is 87.3 Å². The fourth-order valence-electron chi connectivity index (χ4n) is 5.79. The monoisotopic (exact) mass is 594 g/mol.